The molecule has 10 heavy (non-hydrogen) atoms. The maximum Gasteiger partial charge on any atom is 2.00 e. The third kappa shape index (κ3) is 8.32. The molecule has 0 spiro atoms. The molecule has 0 atom stereocenters. The van der Waals surface area contributed by atoms with Gasteiger partial charge in [0.05, 0.1) is 0 Å². The molecular weight excluding hydrogens is 203 g/mol. The number of aliphatic hydroxyl groups is 1. The van der Waals surface area contributed by atoms with Crippen LogP contribution in [0.3, 0.4) is 0 Å². The first kappa shape index (κ1) is 16.7. The molecule has 0 heterocycles. The molecule has 0 aromatic carbocycles. The molecule has 1 N–H and O–H groups in total. The van der Waals surface area contributed by atoms with E-state index in [0.29, 0.717) is 0 Å². The molecule has 0 saturated heterocycles. The largest absolute Gasteiger partial charge is 2.00 e. The van der Waals surface area contributed by atoms with E-state index in [-0.39, 0.29) is 33.6 Å². The molecule has 0 unspecified atom stereocenters. The predicted octanol–water partition coefficient (Wildman–Crippen LogP) is 1.75. The Morgan fingerprint density at radius 3 is 2.10 bits per heavy atom. The predicted molar refractivity (Wildman–Crippen MR) is 40.7 cm³/mol. The molecule has 0 aromatic rings. The van der Waals surface area contributed by atoms with Crippen LogP contribution in [-0.2, 0) is 26.2 Å². The molecule has 1 aliphatic carbocycles. The molecular formula is C8H14OZr. The molecule has 2 heteroatoms. The van der Waals surface area contributed by atoms with Gasteiger partial charge in [0.15, 0.2) is 0 Å². The third-order valence-electron chi connectivity index (χ3n) is 0.867. The van der Waals surface area contributed by atoms with Crippen molar-refractivity contribution < 1.29 is 31.3 Å². The Labute approximate surface area is 83.0 Å². The molecule has 0 saturated carbocycles. The fraction of sp³-hybridized carbons (Fsp3) is 0.375. The summed E-state index contributed by atoms with van der Waals surface area (Å²) in [5, 5.41) is 7.00. The summed E-state index contributed by atoms with van der Waals surface area (Å²) in [6.07, 6.45) is 8.33. The smallest absolute Gasteiger partial charge is 0.400 e. The molecule has 0 radical (unpaired) electrons. The molecule has 0 bridgehead atoms. The van der Waals surface area contributed by atoms with Crippen molar-refractivity contribution in [3.05, 3.63) is 31.2 Å². The van der Waals surface area contributed by atoms with Crippen molar-refractivity contribution in [2.45, 2.75) is 13.3 Å². The summed E-state index contributed by atoms with van der Waals surface area (Å²) < 4.78 is 0. The van der Waals surface area contributed by atoms with Gasteiger partial charge in [-0.3, -0.25) is 6.08 Å². The van der Waals surface area contributed by atoms with Crippen LogP contribution >= 0.6 is 0 Å². The number of hydrogen-bond donors (Lipinski definition) is 1. The fourth-order valence-corrected chi connectivity index (χ4v) is 0.515. The van der Waals surface area contributed by atoms with Crippen LogP contribution in [0, 0.1) is 13.5 Å². The summed E-state index contributed by atoms with van der Waals surface area (Å²) in [5.41, 5.74) is 1.27. The summed E-state index contributed by atoms with van der Waals surface area (Å²) >= 11 is 0. The van der Waals surface area contributed by atoms with Crippen molar-refractivity contribution in [3.8, 4) is 0 Å². The topological polar surface area (TPSA) is 20.2 Å². The first-order chi connectivity index (χ1) is 3.89. The van der Waals surface area contributed by atoms with Crippen LogP contribution in [-0.4, -0.2) is 12.2 Å². The number of hydrogen-bond acceptors (Lipinski definition) is 1. The van der Waals surface area contributed by atoms with E-state index in [1.54, 1.807) is 0 Å². The summed E-state index contributed by atoms with van der Waals surface area (Å²) in [6.45, 7) is 2.06. The Hall–Kier alpha value is 0.323. The molecule has 0 aliphatic heterocycles. The summed E-state index contributed by atoms with van der Waals surface area (Å²) in [6, 6.07) is 0. The number of allylic oxidation sites excluding steroid dienone is 4. The first-order valence-electron chi connectivity index (χ1n) is 2.58. The summed E-state index contributed by atoms with van der Waals surface area (Å²) in [7, 11) is 1.00. The van der Waals surface area contributed by atoms with E-state index in [2.05, 4.69) is 25.2 Å². The van der Waals surface area contributed by atoms with Crippen molar-refractivity contribution in [1.29, 1.82) is 0 Å². The van der Waals surface area contributed by atoms with E-state index < -0.39 is 0 Å². The van der Waals surface area contributed by atoms with E-state index >= 15 is 0 Å². The van der Waals surface area contributed by atoms with Crippen LogP contribution in [0.2, 0.25) is 0 Å². The molecule has 1 aliphatic rings. The van der Waals surface area contributed by atoms with Gasteiger partial charge in [0.25, 0.3) is 0 Å². The molecule has 0 aromatic heterocycles. The van der Waals surface area contributed by atoms with Crippen LogP contribution in [0.15, 0.2) is 17.7 Å². The zero-order valence-electron chi connectivity index (χ0n) is 6.81. The van der Waals surface area contributed by atoms with Gasteiger partial charge in [-0.05, 0) is 0 Å². The second-order valence-corrected chi connectivity index (χ2v) is 1.47. The van der Waals surface area contributed by atoms with Gasteiger partial charge in [0.2, 0.25) is 0 Å². The zero-order valence-corrected chi connectivity index (χ0v) is 9.27. The van der Waals surface area contributed by atoms with Crippen molar-refractivity contribution >= 4 is 0 Å². The molecule has 1 nitrogen and oxygen atoms in total. The van der Waals surface area contributed by atoms with Crippen molar-refractivity contribution in [3.63, 3.8) is 0 Å². The average molecular weight is 217 g/mol. The minimum Gasteiger partial charge on any atom is -0.400 e. The van der Waals surface area contributed by atoms with Crippen LogP contribution in [0.5, 0.6) is 0 Å². The van der Waals surface area contributed by atoms with Gasteiger partial charge < -0.3 is 12.5 Å². The van der Waals surface area contributed by atoms with Crippen molar-refractivity contribution in [2.75, 3.05) is 7.11 Å². The molecule has 56 valence electrons. The van der Waals surface area contributed by atoms with E-state index in [1.807, 2.05) is 0 Å². The quantitative estimate of drug-likeness (QED) is 0.613. The first-order valence-corrected chi connectivity index (χ1v) is 2.58. The average Bonchev–Trinajstić information content (AvgIpc) is 2.24. The SMILES string of the molecule is CC1=[C-]CC=C1.CO.[CH3-].[Zr+2]. The van der Waals surface area contributed by atoms with Gasteiger partial charge >= 0.3 is 26.2 Å². The zero-order chi connectivity index (χ0) is 6.41. The number of aliphatic hydroxyl groups excluding tert-OH is 1. The van der Waals surface area contributed by atoms with Gasteiger partial charge in [-0.25, -0.2) is 11.6 Å². The Balaban J connectivity index is -0.000000114. The van der Waals surface area contributed by atoms with Crippen LogP contribution in [0.25, 0.3) is 0 Å². The third-order valence-corrected chi connectivity index (χ3v) is 0.867. The van der Waals surface area contributed by atoms with Crippen molar-refractivity contribution in [2.24, 2.45) is 0 Å². The normalized spacial score (nSPS) is 11.7. The van der Waals surface area contributed by atoms with Crippen LogP contribution in [0.4, 0.5) is 0 Å². The molecule has 1 rings (SSSR count). The Morgan fingerprint density at radius 2 is 2.00 bits per heavy atom. The summed E-state index contributed by atoms with van der Waals surface area (Å²) in [5.74, 6) is 0. The minimum atomic E-state index is 0. The fourth-order valence-electron chi connectivity index (χ4n) is 0.515. The van der Waals surface area contributed by atoms with E-state index in [0.717, 1.165) is 13.5 Å². The Kier molecular flexibility index (Phi) is 20.2. The molecule has 0 fully saturated rings. The second-order valence-electron chi connectivity index (χ2n) is 1.47. The van der Waals surface area contributed by atoms with E-state index in [9.17, 15) is 0 Å². The monoisotopic (exact) mass is 216 g/mol. The van der Waals surface area contributed by atoms with Gasteiger partial charge in [-0.1, -0.05) is 6.92 Å². The Bertz CT molecular complexity index is 103. The van der Waals surface area contributed by atoms with Crippen LogP contribution in [0.1, 0.15) is 13.3 Å². The summed E-state index contributed by atoms with van der Waals surface area (Å²) in [4.78, 5) is 0. The maximum absolute atomic E-state index is 7.00. The van der Waals surface area contributed by atoms with E-state index in [4.69, 9.17) is 5.11 Å². The van der Waals surface area contributed by atoms with Gasteiger partial charge in [0.1, 0.15) is 0 Å². The minimum absolute atomic E-state index is 0. The van der Waals surface area contributed by atoms with Gasteiger partial charge in [-0.2, -0.15) is 6.08 Å². The standard InChI is InChI=1S/C6H7.CH4O.CH3.Zr/c1-6-4-2-3-5-6;1-2;;/h2,4H,3H2,1H3;2H,1H3;1H3;/q-1;;-1;+2. The van der Waals surface area contributed by atoms with Crippen molar-refractivity contribution in [1.82, 2.24) is 0 Å². The van der Waals surface area contributed by atoms with Gasteiger partial charge in [-0.15, -0.1) is 6.42 Å². The second kappa shape index (κ2) is 12.0. The van der Waals surface area contributed by atoms with Gasteiger partial charge in [0, 0.05) is 7.11 Å². The van der Waals surface area contributed by atoms with Crippen LogP contribution < -0.4 is 0 Å². The maximum atomic E-state index is 7.00. The van der Waals surface area contributed by atoms with E-state index in [1.165, 1.54) is 5.57 Å². The Morgan fingerprint density at radius 1 is 1.50 bits per heavy atom. The molecule has 0 amide bonds. The number of rotatable bonds is 0.